The summed E-state index contributed by atoms with van der Waals surface area (Å²) < 4.78 is 13.6. The zero-order valence-corrected chi connectivity index (χ0v) is 23.5. The Morgan fingerprint density at radius 2 is 1.62 bits per heavy atom. The largest absolute Gasteiger partial charge is 0.457 e. The Kier molecular flexibility index (Phi) is 7.85. The average molecular weight is 561 g/mol. The number of rotatable bonds is 8. The fraction of sp³-hybridized carbons (Fsp3) is 0.206. The topological polar surface area (TPSA) is 85.7 Å². The number of amides is 2. The SMILES string of the molecule is CN(C(=O)c1cccc2ccccc12)c1nc2n(c1OC(=O)NCCc1ccc(Oc3ccccc3)cc1)CCCC2. The van der Waals surface area contributed by atoms with Gasteiger partial charge in [-0.05, 0) is 65.9 Å². The Bertz CT molecular complexity index is 1710. The summed E-state index contributed by atoms with van der Waals surface area (Å²) in [5.74, 6) is 2.76. The van der Waals surface area contributed by atoms with Gasteiger partial charge in [-0.15, -0.1) is 0 Å². The normalized spacial score (nSPS) is 12.4. The molecule has 0 saturated heterocycles. The average Bonchev–Trinajstić information content (AvgIpc) is 3.39. The first-order valence-electron chi connectivity index (χ1n) is 14.2. The van der Waals surface area contributed by atoms with E-state index in [0.717, 1.165) is 52.9 Å². The summed E-state index contributed by atoms with van der Waals surface area (Å²) in [7, 11) is 1.67. The van der Waals surface area contributed by atoms with Gasteiger partial charge in [0.15, 0.2) is 5.82 Å². The van der Waals surface area contributed by atoms with Crippen LogP contribution >= 0.6 is 0 Å². The fourth-order valence-electron chi connectivity index (χ4n) is 5.23. The summed E-state index contributed by atoms with van der Waals surface area (Å²) in [6, 6.07) is 30.8. The molecule has 6 rings (SSSR count). The highest BCUT2D eigenvalue weighted by Crippen LogP contribution is 2.34. The van der Waals surface area contributed by atoms with Crippen molar-refractivity contribution in [3.63, 3.8) is 0 Å². The lowest BCUT2D eigenvalue weighted by Crippen LogP contribution is -2.31. The number of nitrogens with zero attached hydrogens (tertiary/aromatic N) is 3. The van der Waals surface area contributed by atoms with Gasteiger partial charge in [0.2, 0.25) is 5.88 Å². The van der Waals surface area contributed by atoms with Crippen molar-refractivity contribution >= 4 is 28.6 Å². The molecule has 0 bridgehead atoms. The number of hydrogen-bond donors (Lipinski definition) is 1. The van der Waals surface area contributed by atoms with Crippen molar-refractivity contribution in [3.8, 4) is 17.4 Å². The molecule has 1 aliphatic heterocycles. The molecule has 5 aromatic rings. The van der Waals surface area contributed by atoms with E-state index in [1.54, 1.807) is 7.05 Å². The van der Waals surface area contributed by atoms with Crippen molar-refractivity contribution < 1.29 is 19.1 Å². The van der Waals surface area contributed by atoms with Crippen molar-refractivity contribution in [2.75, 3.05) is 18.5 Å². The van der Waals surface area contributed by atoms with E-state index in [1.807, 2.05) is 102 Å². The number of carbonyl (C=O) groups excluding carboxylic acids is 2. The Labute approximate surface area is 244 Å². The number of benzene rings is 4. The van der Waals surface area contributed by atoms with Crippen molar-refractivity contribution in [1.82, 2.24) is 14.9 Å². The highest BCUT2D eigenvalue weighted by molar-refractivity contribution is 6.14. The van der Waals surface area contributed by atoms with Gasteiger partial charge in [0.05, 0.1) is 0 Å². The molecular weight excluding hydrogens is 528 g/mol. The molecule has 0 saturated carbocycles. The quantitative estimate of drug-likeness (QED) is 0.226. The minimum Gasteiger partial charge on any atom is -0.457 e. The molecule has 0 radical (unpaired) electrons. The third-order valence-corrected chi connectivity index (χ3v) is 7.43. The van der Waals surface area contributed by atoms with Crippen molar-refractivity contribution in [3.05, 3.63) is 114 Å². The molecule has 0 fully saturated rings. The van der Waals surface area contributed by atoms with Gasteiger partial charge in [0.25, 0.3) is 5.91 Å². The predicted octanol–water partition coefficient (Wildman–Crippen LogP) is 6.77. The van der Waals surface area contributed by atoms with Gasteiger partial charge in [-0.1, -0.05) is 66.7 Å². The number of fused-ring (bicyclic) bond motifs is 2. The molecule has 8 nitrogen and oxygen atoms in total. The van der Waals surface area contributed by atoms with Crippen LogP contribution in [0.15, 0.2) is 97.1 Å². The van der Waals surface area contributed by atoms with Gasteiger partial charge in [-0.2, -0.15) is 0 Å². The number of aryl methyl sites for hydroxylation is 1. The summed E-state index contributed by atoms with van der Waals surface area (Å²) >= 11 is 0. The summed E-state index contributed by atoms with van der Waals surface area (Å²) in [6.07, 6.45) is 2.75. The molecule has 1 N–H and O–H groups in total. The van der Waals surface area contributed by atoms with E-state index in [4.69, 9.17) is 14.5 Å². The second-order valence-electron chi connectivity index (χ2n) is 10.3. The van der Waals surface area contributed by atoms with E-state index >= 15 is 0 Å². The molecule has 42 heavy (non-hydrogen) atoms. The van der Waals surface area contributed by atoms with E-state index in [0.29, 0.717) is 36.8 Å². The number of hydrogen-bond acceptors (Lipinski definition) is 5. The predicted molar refractivity (Wildman–Crippen MR) is 163 cm³/mol. The molecule has 1 aromatic heterocycles. The second-order valence-corrected chi connectivity index (χ2v) is 10.3. The van der Waals surface area contributed by atoms with Gasteiger partial charge in [0.1, 0.15) is 17.3 Å². The summed E-state index contributed by atoms with van der Waals surface area (Å²) in [4.78, 5) is 32.8. The zero-order valence-electron chi connectivity index (χ0n) is 23.5. The fourth-order valence-corrected chi connectivity index (χ4v) is 5.23. The van der Waals surface area contributed by atoms with Crippen molar-refractivity contribution in [1.29, 1.82) is 0 Å². The molecule has 2 heterocycles. The van der Waals surface area contributed by atoms with Crippen LogP contribution in [0.2, 0.25) is 0 Å². The first-order chi connectivity index (χ1) is 20.6. The van der Waals surface area contributed by atoms with Crippen LogP contribution < -0.4 is 19.7 Å². The number of ether oxygens (including phenoxy) is 2. The van der Waals surface area contributed by atoms with Crippen LogP contribution in [0, 0.1) is 0 Å². The van der Waals surface area contributed by atoms with Crippen LogP contribution in [0.1, 0.15) is 34.6 Å². The molecule has 0 unspecified atom stereocenters. The monoisotopic (exact) mass is 560 g/mol. The van der Waals surface area contributed by atoms with Crippen LogP contribution in [-0.2, 0) is 19.4 Å². The van der Waals surface area contributed by atoms with E-state index < -0.39 is 6.09 Å². The van der Waals surface area contributed by atoms with E-state index in [9.17, 15) is 9.59 Å². The Morgan fingerprint density at radius 3 is 2.45 bits per heavy atom. The third-order valence-electron chi connectivity index (χ3n) is 7.43. The number of para-hydroxylation sites is 1. The summed E-state index contributed by atoms with van der Waals surface area (Å²) in [5.41, 5.74) is 1.62. The van der Waals surface area contributed by atoms with Crippen LogP contribution in [0.4, 0.5) is 10.6 Å². The third kappa shape index (κ3) is 5.83. The lowest BCUT2D eigenvalue weighted by molar-refractivity contribution is 0.0992. The lowest BCUT2D eigenvalue weighted by Gasteiger charge is -2.19. The molecule has 2 amide bonds. The molecule has 0 spiro atoms. The zero-order chi connectivity index (χ0) is 28.9. The highest BCUT2D eigenvalue weighted by atomic mass is 16.6. The van der Waals surface area contributed by atoms with Crippen LogP contribution in [0.5, 0.6) is 17.4 Å². The maximum atomic E-state index is 13.7. The Hall–Kier alpha value is -5.11. The van der Waals surface area contributed by atoms with Crippen LogP contribution in [0.3, 0.4) is 0 Å². The van der Waals surface area contributed by atoms with Crippen molar-refractivity contribution in [2.24, 2.45) is 0 Å². The van der Waals surface area contributed by atoms with Gasteiger partial charge in [-0.25, -0.2) is 9.78 Å². The molecular formula is C34H32N4O4. The van der Waals surface area contributed by atoms with E-state index in [1.165, 1.54) is 4.90 Å². The van der Waals surface area contributed by atoms with Gasteiger partial charge >= 0.3 is 6.09 Å². The van der Waals surface area contributed by atoms with Gasteiger partial charge in [-0.3, -0.25) is 14.3 Å². The standard InChI is InChI=1S/C34H32N4O4/c1-37(32(39)29-15-9-11-25-10-5-6-14-28(25)29)31-33(38-23-8-7-16-30(38)36-31)42-34(40)35-22-21-24-17-19-27(20-18-24)41-26-12-3-2-4-13-26/h2-6,9-15,17-20H,7-8,16,21-23H2,1H3,(H,35,40). The van der Waals surface area contributed by atoms with E-state index in [-0.39, 0.29) is 5.91 Å². The number of imidazole rings is 1. The van der Waals surface area contributed by atoms with Crippen LogP contribution in [-0.4, -0.2) is 35.1 Å². The molecule has 4 aromatic carbocycles. The van der Waals surface area contributed by atoms with Gasteiger partial charge < -0.3 is 14.8 Å². The minimum atomic E-state index is -0.584. The first-order valence-corrected chi connectivity index (χ1v) is 14.2. The molecule has 8 heteroatoms. The maximum Gasteiger partial charge on any atom is 0.414 e. The van der Waals surface area contributed by atoms with E-state index in [2.05, 4.69) is 5.32 Å². The highest BCUT2D eigenvalue weighted by Gasteiger charge is 2.29. The number of carbonyl (C=O) groups is 2. The molecule has 212 valence electrons. The number of nitrogens with one attached hydrogen (secondary N) is 1. The second kappa shape index (κ2) is 12.2. The van der Waals surface area contributed by atoms with Crippen molar-refractivity contribution in [2.45, 2.75) is 32.2 Å². The maximum absolute atomic E-state index is 13.7. The molecule has 0 aliphatic carbocycles. The number of anilines is 1. The molecule has 0 atom stereocenters. The molecule has 1 aliphatic rings. The smallest absolute Gasteiger partial charge is 0.414 e. The lowest BCUT2D eigenvalue weighted by atomic mass is 10.0. The summed E-state index contributed by atoms with van der Waals surface area (Å²) in [5, 5.41) is 4.69. The van der Waals surface area contributed by atoms with Gasteiger partial charge in [0, 0.05) is 32.1 Å². The Morgan fingerprint density at radius 1 is 0.881 bits per heavy atom. The first kappa shape index (κ1) is 27.1. The Balaban J connectivity index is 1.13. The van der Waals surface area contributed by atoms with Crippen LogP contribution in [0.25, 0.3) is 10.8 Å². The minimum absolute atomic E-state index is 0.216. The summed E-state index contributed by atoms with van der Waals surface area (Å²) in [6.45, 7) is 1.07. The number of aromatic nitrogens is 2.